The van der Waals surface area contributed by atoms with Crippen LogP contribution in [0.2, 0.25) is 15.1 Å². The maximum Gasteiger partial charge on any atom is 0.193 e. The predicted molar refractivity (Wildman–Crippen MR) is 71.9 cm³/mol. The van der Waals surface area contributed by atoms with Gasteiger partial charge in [0.2, 0.25) is 0 Å². The smallest absolute Gasteiger partial charge is 0.193 e. The molecular weight excluding hydrogens is 268 g/mol. The van der Waals surface area contributed by atoms with Gasteiger partial charge in [0.25, 0.3) is 0 Å². The van der Waals surface area contributed by atoms with Crippen LogP contribution in [0.5, 0.6) is 0 Å². The third-order valence-electron chi connectivity index (χ3n) is 1.67. The van der Waals surface area contributed by atoms with Crippen LogP contribution in [-0.2, 0) is 0 Å². The first-order valence-corrected chi connectivity index (χ1v) is 5.78. The van der Waals surface area contributed by atoms with Gasteiger partial charge in [0.05, 0.1) is 20.8 Å². The van der Waals surface area contributed by atoms with Gasteiger partial charge < -0.3 is 11.1 Å². The minimum Gasteiger partial charge on any atom is -0.370 e. The van der Waals surface area contributed by atoms with E-state index in [9.17, 15) is 0 Å². The average molecular weight is 281 g/mol. The summed E-state index contributed by atoms with van der Waals surface area (Å²) in [5, 5.41) is 4.11. The predicted octanol–water partition coefficient (Wildman–Crippen LogP) is 3.78. The van der Waals surface area contributed by atoms with E-state index in [2.05, 4.69) is 10.3 Å². The summed E-state index contributed by atoms with van der Waals surface area (Å²) < 4.78 is 0. The number of hydrogen-bond donors (Lipinski definition) is 2. The lowest BCUT2D eigenvalue weighted by atomic mass is 10.3. The molecule has 0 radical (unpaired) electrons. The maximum absolute atomic E-state index is 5.97. The van der Waals surface area contributed by atoms with Gasteiger partial charge in [0.1, 0.15) is 0 Å². The molecule has 16 heavy (non-hydrogen) atoms. The summed E-state index contributed by atoms with van der Waals surface area (Å²) in [6.07, 6.45) is 0. The van der Waals surface area contributed by atoms with E-state index < -0.39 is 0 Å². The zero-order valence-corrected chi connectivity index (χ0v) is 11.2. The van der Waals surface area contributed by atoms with Gasteiger partial charge >= 0.3 is 0 Å². The van der Waals surface area contributed by atoms with Crippen molar-refractivity contribution in [3.05, 3.63) is 27.2 Å². The van der Waals surface area contributed by atoms with Crippen molar-refractivity contribution in [2.75, 3.05) is 5.32 Å². The monoisotopic (exact) mass is 279 g/mol. The number of nitrogens with zero attached hydrogens (tertiary/aromatic N) is 1. The van der Waals surface area contributed by atoms with E-state index in [4.69, 9.17) is 40.5 Å². The molecule has 0 heterocycles. The zero-order chi connectivity index (χ0) is 12.3. The molecule has 0 unspecified atom stereocenters. The van der Waals surface area contributed by atoms with Crippen LogP contribution in [0.4, 0.5) is 5.69 Å². The van der Waals surface area contributed by atoms with Crippen molar-refractivity contribution in [2.24, 2.45) is 10.7 Å². The van der Waals surface area contributed by atoms with E-state index in [1.54, 1.807) is 12.1 Å². The topological polar surface area (TPSA) is 50.4 Å². The Morgan fingerprint density at radius 3 is 2.31 bits per heavy atom. The number of aliphatic imine (C=N–C) groups is 1. The van der Waals surface area contributed by atoms with E-state index in [0.717, 1.165) is 0 Å². The molecule has 6 heteroatoms. The lowest BCUT2D eigenvalue weighted by molar-refractivity contribution is 0.833. The van der Waals surface area contributed by atoms with Crippen molar-refractivity contribution in [3.63, 3.8) is 0 Å². The summed E-state index contributed by atoms with van der Waals surface area (Å²) in [5.41, 5.74) is 6.25. The Hall–Kier alpha value is -0.640. The molecule has 0 amide bonds. The van der Waals surface area contributed by atoms with E-state index in [-0.39, 0.29) is 12.0 Å². The van der Waals surface area contributed by atoms with Crippen molar-refractivity contribution in [1.82, 2.24) is 0 Å². The van der Waals surface area contributed by atoms with E-state index in [1.807, 2.05) is 13.8 Å². The summed E-state index contributed by atoms with van der Waals surface area (Å²) in [5.74, 6) is 0.287. The molecule has 0 bridgehead atoms. The molecule has 1 aromatic rings. The van der Waals surface area contributed by atoms with E-state index in [1.165, 1.54) is 0 Å². The van der Waals surface area contributed by atoms with Crippen molar-refractivity contribution < 1.29 is 0 Å². The standard InChI is InChI=1S/C10H12Cl3N3/c1-5(2)15-10(14)16-9-4-7(12)6(11)3-8(9)13/h3-5H,1-2H3,(H3,14,15,16). The van der Waals surface area contributed by atoms with Gasteiger partial charge in [0.15, 0.2) is 5.96 Å². The first-order valence-electron chi connectivity index (χ1n) is 4.65. The Morgan fingerprint density at radius 1 is 1.19 bits per heavy atom. The number of rotatable bonds is 2. The molecule has 0 atom stereocenters. The number of nitrogens with one attached hydrogen (secondary N) is 1. The van der Waals surface area contributed by atoms with Gasteiger partial charge in [-0.05, 0) is 26.0 Å². The molecule has 88 valence electrons. The van der Waals surface area contributed by atoms with Gasteiger partial charge in [0, 0.05) is 6.04 Å². The van der Waals surface area contributed by atoms with Crippen LogP contribution in [-0.4, -0.2) is 12.0 Å². The highest BCUT2D eigenvalue weighted by Crippen LogP contribution is 2.32. The Kier molecular flexibility index (Phi) is 4.71. The second-order valence-electron chi connectivity index (χ2n) is 3.48. The summed E-state index contributed by atoms with van der Waals surface area (Å²) in [6.45, 7) is 3.84. The minimum absolute atomic E-state index is 0.106. The highest BCUT2D eigenvalue weighted by molar-refractivity contribution is 6.44. The molecule has 3 nitrogen and oxygen atoms in total. The molecule has 0 saturated carbocycles. The molecule has 3 N–H and O–H groups in total. The Labute approximate surface area is 110 Å². The van der Waals surface area contributed by atoms with Crippen LogP contribution in [0, 0.1) is 0 Å². The molecular formula is C10H12Cl3N3. The highest BCUT2D eigenvalue weighted by Gasteiger charge is 2.06. The molecule has 0 saturated heterocycles. The second kappa shape index (κ2) is 5.62. The number of guanidine groups is 1. The van der Waals surface area contributed by atoms with Crippen LogP contribution < -0.4 is 11.1 Å². The molecule has 1 rings (SSSR count). The fourth-order valence-electron chi connectivity index (χ4n) is 1.07. The number of halogens is 3. The van der Waals surface area contributed by atoms with Crippen molar-refractivity contribution in [1.29, 1.82) is 0 Å². The van der Waals surface area contributed by atoms with Crippen LogP contribution in [0.25, 0.3) is 0 Å². The van der Waals surface area contributed by atoms with Crippen molar-refractivity contribution in [2.45, 2.75) is 19.9 Å². The molecule has 0 aliphatic rings. The van der Waals surface area contributed by atoms with Crippen LogP contribution in [0.3, 0.4) is 0 Å². The number of nitrogens with two attached hydrogens (primary N) is 1. The largest absolute Gasteiger partial charge is 0.370 e. The fraction of sp³-hybridized carbons (Fsp3) is 0.300. The first kappa shape index (κ1) is 13.4. The van der Waals surface area contributed by atoms with Gasteiger partial charge in [-0.15, -0.1) is 0 Å². The van der Waals surface area contributed by atoms with E-state index in [0.29, 0.717) is 20.8 Å². The van der Waals surface area contributed by atoms with Gasteiger partial charge in [-0.25, -0.2) is 0 Å². The van der Waals surface area contributed by atoms with E-state index >= 15 is 0 Å². The van der Waals surface area contributed by atoms with Crippen LogP contribution in [0.1, 0.15) is 13.8 Å². The third-order valence-corrected chi connectivity index (χ3v) is 2.70. The normalized spacial score (nSPS) is 12.0. The molecule has 0 spiro atoms. The lowest BCUT2D eigenvalue weighted by Gasteiger charge is -2.09. The van der Waals surface area contributed by atoms with Crippen molar-refractivity contribution in [3.8, 4) is 0 Å². The average Bonchev–Trinajstić information content (AvgIpc) is 2.12. The summed E-state index contributed by atoms with van der Waals surface area (Å²) in [7, 11) is 0. The Balaban J connectivity index is 2.94. The lowest BCUT2D eigenvalue weighted by Crippen LogP contribution is -2.24. The van der Waals surface area contributed by atoms with Gasteiger partial charge in [-0.2, -0.15) is 0 Å². The Bertz CT molecular complexity index is 416. The summed E-state index contributed by atoms with van der Waals surface area (Å²) >= 11 is 17.6. The van der Waals surface area contributed by atoms with Gasteiger partial charge in [-0.3, -0.25) is 4.99 Å². The summed E-state index contributed by atoms with van der Waals surface area (Å²) in [4.78, 5) is 4.11. The summed E-state index contributed by atoms with van der Waals surface area (Å²) in [6, 6.07) is 3.26. The van der Waals surface area contributed by atoms with Crippen LogP contribution in [0.15, 0.2) is 17.1 Å². The maximum atomic E-state index is 5.97. The van der Waals surface area contributed by atoms with Crippen LogP contribution >= 0.6 is 34.8 Å². The second-order valence-corrected chi connectivity index (χ2v) is 4.70. The molecule has 0 aliphatic heterocycles. The minimum atomic E-state index is 0.106. The molecule has 0 aromatic heterocycles. The van der Waals surface area contributed by atoms with Crippen molar-refractivity contribution >= 4 is 46.4 Å². The third kappa shape index (κ3) is 3.74. The zero-order valence-electron chi connectivity index (χ0n) is 8.89. The highest BCUT2D eigenvalue weighted by atomic mass is 35.5. The Morgan fingerprint density at radius 2 is 1.75 bits per heavy atom. The molecule has 0 aliphatic carbocycles. The quantitative estimate of drug-likeness (QED) is 0.492. The first-order chi connectivity index (χ1) is 7.40. The molecule has 0 fully saturated rings. The number of anilines is 1. The SMILES string of the molecule is CC(C)N=C(N)Nc1cc(Cl)c(Cl)cc1Cl. The number of benzene rings is 1. The fourth-order valence-corrected chi connectivity index (χ4v) is 1.66. The molecule has 1 aromatic carbocycles. The number of hydrogen-bond acceptors (Lipinski definition) is 1. The van der Waals surface area contributed by atoms with Gasteiger partial charge in [-0.1, -0.05) is 34.8 Å².